The lowest BCUT2D eigenvalue weighted by molar-refractivity contribution is -0.384. The second kappa shape index (κ2) is 10.4. The minimum Gasteiger partial charge on any atom is -0.489 e. The van der Waals surface area contributed by atoms with Gasteiger partial charge in [-0.05, 0) is 35.4 Å². The maximum atomic E-state index is 11.8. The number of hydrogen-bond donors (Lipinski definition) is 1. The monoisotopic (exact) mass is 405 g/mol. The highest BCUT2D eigenvalue weighted by molar-refractivity contribution is 5.83. The van der Waals surface area contributed by atoms with Gasteiger partial charge in [0.15, 0.2) is 6.61 Å². The number of amides is 1. The summed E-state index contributed by atoms with van der Waals surface area (Å²) in [6, 6.07) is 22.6. The first kappa shape index (κ1) is 20.5. The predicted octanol–water partition coefficient (Wildman–Crippen LogP) is 3.70. The molecule has 0 aliphatic rings. The van der Waals surface area contributed by atoms with E-state index in [-0.39, 0.29) is 12.3 Å². The van der Waals surface area contributed by atoms with Gasteiger partial charge in [0.25, 0.3) is 11.6 Å². The van der Waals surface area contributed by atoms with Crippen LogP contribution in [0, 0.1) is 10.1 Å². The third-order valence-electron chi connectivity index (χ3n) is 3.93. The number of non-ortho nitro benzene ring substituents is 1. The first-order valence-corrected chi connectivity index (χ1v) is 9.06. The number of nitrogens with one attached hydrogen (secondary N) is 1. The van der Waals surface area contributed by atoms with Gasteiger partial charge in [0.1, 0.15) is 18.1 Å². The number of ether oxygens (including phenoxy) is 2. The highest BCUT2D eigenvalue weighted by atomic mass is 16.6. The molecule has 3 aromatic carbocycles. The van der Waals surface area contributed by atoms with Crippen molar-refractivity contribution < 1.29 is 19.2 Å². The van der Waals surface area contributed by atoms with Crippen molar-refractivity contribution in [2.45, 2.75) is 6.61 Å². The molecule has 1 N–H and O–H groups in total. The quantitative estimate of drug-likeness (QED) is 0.332. The minimum atomic E-state index is -0.507. The highest BCUT2D eigenvalue weighted by Gasteiger charge is 2.06. The number of carbonyl (C=O) groups excluding carboxylic acids is 1. The van der Waals surface area contributed by atoms with Gasteiger partial charge < -0.3 is 9.47 Å². The molecule has 0 radical (unpaired) electrons. The van der Waals surface area contributed by atoms with E-state index in [0.717, 1.165) is 11.1 Å². The fraction of sp³-hybridized carbons (Fsp3) is 0.0909. The number of hydrogen-bond acceptors (Lipinski definition) is 6. The van der Waals surface area contributed by atoms with E-state index < -0.39 is 10.8 Å². The Labute approximate surface area is 172 Å². The van der Waals surface area contributed by atoms with Crippen molar-refractivity contribution in [3.63, 3.8) is 0 Å². The van der Waals surface area contributed by atoms with Gasteiger partial charge in [0.2, 0.25) is 0 Å². The molecular weight excluding hydrogens is 386 g/mol. The lowest BCUT2D eigenvalue weighted by atomic mass is 10.2. The molecule has 3 rings (SSSR count). The molecule has 0 aromatic heterocycles. The van der Waals surface area contributed by atoms with Crippen LogP contribution in [0.3, 0.4) is 0 Å². The van der Waals surface area contributed by atoms with Gasteiger partial charge in [-0.15, -0.1) is 0 Å². The van der Waals surface area contributed by atoms with Crippen LogP contribution in [0.1, 0.15) is 11.1 Å². The molecule has 0 bridgehead atoms. The molecule has 0 saturated heterocycles. The van der Waals surface area contributed by atoms with Crippen LogP contribution in [0.2, 0.25) is 0 Å². The van der Waals surface area contributed by atoms with E-state index in [9.17, 15) is 14.9 Å². The van der Waals surface area contributed by atoms with Crippen LogP contribution in [0.15, 0.2) is 84.0 Å². The molecule has 0 fully saturated rings. The fourth-order valence-electron chi connectivity index (χ4n) is 2.45. The van der Waals surface area contributed by atoms with Crippen molar-refractivity contribution >= 4 is 17.8 Å². The number of rotatable bonds is 9. The molecule has 0 aliphatic heterocycles. The van der Waals surface area contributed by atoms with Crippen LogP contribution >= 0.6 is 0 Å². The molecule has 30 heavy (non-hydrogen) atoms. The first-order valence-electron chi connectivity index (χ1n) is 9.06. The smallest absolute Gasteiger partial charge is 0.277 e. The lowest BCUT2D eigenvalue weighted by Crippen LogP contribution is -2.24. The maximum absolute atomic E-state index is 11.8. The van der Waals surface area contributed by atoms with E-state index in [1.54, 1.807) is 0 Å². The average molecular weight is 405 g/mol. The number of nitrogens with zero attached hydrogens (tertiary/aromatic N) is 2. The van der Waals surface area contributed by atoms with E-state index in [1.807, 2.05) is 54.6 Å². The third-order valence-corrected chi connectivity index (χ3v) is 3.93. The molecule has 0 atom stereocenters. The Kier molecular flexibility index (Phi) is 7.10. The molecule has 0 spiro atoms. The van der Waals surface area contributed by atoms with Gasteiger partial charge in [-0.1, -0.05) is 42.5 Å². The van der Waals surface area contributed by atoms with E-state index >= 15 is 0 Å². The summed E-state index contributed by atoms with van der Waals surface area (Å²) < 4.78 is 11.0. The Morgan fingerprint density at radius 2 is 1.73 bits per heavy atom. The molecule has 0 heterocycles. The van der Waals surface area contributed by atoms with Gasteiger partial charge in [0, 0.05) is 12.1 Å². The summed E-state index contributed by atoms with van der Waals surface area (Å²) in [7, 11) is 0. The van der Waals surface area contributed by atoms with Crippen LogP contribution in [-0.4, -0.2) is 23.7 Å². The second-order valence-electron chi connectivity index (χ2n) is 6.18. The van der Waals surface area contributed by atoms with Crippen LogP contribution < -0.4 is 14.9 Å². The summed E-state index contributed by atoms with van der Waals surface area (Å²) in [4.78, 5) is 21.9. The van der Waals surface area contributed by atoms with Gasteiger partial charge in [0.05, 0.1) is 11.1 Å². The topological polar surface area (TPSA) is 103 Å². The number of carbonyl (C=O) groups is 1. The van der Waals surface area contributed by atoms with Gasteiger partial charge in [-0.2, -0.15) is 5.10 Å². The van der Waals surface area contributed by atoms with E-state index in [1.165, 1.54) is 30.5 Å². The largest absolute Gasteiger partial charge is 0.489 e. The van der Waals surface area contributed by atoms with Crippen LogP contribution in [0.4, 0.5) is 5.69 Å². The average Bonchev–Trinajstić information content (AvgIpc) is 2.77. The van der Waals surface area contributed by atoms with Gasteiger partial charge in [-0.25, -0.2) is 5.43 Å². The van der Waals surface area contributed by atoms with Crippen molar-refractivity contribution in [1.29, 1.82) is 0 Å². The molecule has 0 aliphatic carbocycles. The molecule has 0 saturated carbocycles. The summed E-state index contributed by atoms with van der Waals surface area (Å²) in [6.45, 7) is 0.188. The summed E-state index contributed by atoms with van der Waals surface area (Å²) in [6.07, 6.45) is 1.50. The summed E-state index contributed by atoms with van der Waals surface area (Å²) in [5.41, 5.74) is 4.14. The van der Waals surface area contributed by atoms with Gasteiger partial charge >= 0.3 is 0 Å². The summed E-state index contributed by atoms with van der Waals surface area (Å²) in [5.74, 6) is 0.583. The van der Waals surface area contributed by atoms with Crippen LogP contribution in [0.25, 0.3) is 0 Å². The first-order chi connectivity index (χ1) is 14.6. The molecule has 8 heteroatoms. The Morgan fingerprint density at radius 1 is 0.967 bits per heavy atom. The van der Waals surface area contributed by atoms with Crippen molar-refractivity contribution in [2.24, 2.45) is 5.10 Å². The number of benzene rings is 3. The molecule has 152 valence electrons. The molecule has 0 unspecified atom stereocenters. The molecular formula is C22H19N3O5. The number of hydrazone groups is 1. The van der Waals surface area contributed by atoms with Crippen molar-refractivity contribution in [1.82, 2.24) is 5.43 Å². The number of nitro benzene ring substituents is 1. The normalized spacial score (nSPS) is 10.5. The Hall–Kier alpha value is -4.20. The Bertz CT molecular complexity index is 1020. The van der Waals surface area contributed by atoms with Crippen LogP contribution in [-0.2, 0) is 11.4 Å². The molecule has 8 nitrogen and oxygen atoms in total. The SMILES string of the molecule is O=C(COc1ccc([N+](=O)[O-])cc1)N/N=C/c1cccc(OCc2ccccc2)c1. The van der Waals surface area contributed by atoms with E-state index in [2.05, 4.69) is 10.5 Å². The molecule has 3 aromatic rings. The van der Waals surface area contributed by atoms with E-state index in [4.69, 9.17) is 9.47 Å². The standard InChI is InChI=1S/C22H19N3O5/c26-22(16-30-20-11-9-19(10-12-20)25(27)28)24-23-14-18-7-4-8-21(13-18)29-15-17-5-2-1-3-6-17/h1-14H,15-16H2,(H,24,26)/b23-14+. The lowest BCUT2D eigenvalue weighted by Gasteiger charge is -2.07. The van der Waals surface area contributed by atoms with Crippen molar-refractivity contribution in [2.75, 3.05) is 6.61 Å². The fourth-order valence-corrected chi connectivity index (χ4v) is 2.45. The summed E-state index contributed by atoms with van der Waals surface area (Å²) >= 11 is 0. The summed E-state index contributed by atoms with van der Waals surface area (Å²) in [5, 5.41) is 14.5. The van der Waals surface area contributed by atoms with Gasteiger partial charge in [-0.3, -0.25) is 14.9 Å². The van der Waals surface area contributed by atoms with E-state index in [0.29, 0.717) is 18.1 Å². The predicted molar refractivity (Wildman–Crippen MR) is 112 cm³/mol. The zero-order valence-electron chi connectivity index (χ0n) is 15.9. The molecule has 1 amide bonds. The number of nitro groups is 1. The Balaban J connectivity index is 1.45. The Morgan fingerprint density at radius 3 is 2.47 bits per heavy atom. The minimum absolute atomic E-state index is 0.0496. The van der Waals surface area contributed by atoms with Crippen molar-refractivity contribution in [3.05, 3.63) is 100 Å². The maximum Gasteiger partial charge on any atom is 0.277 e. The zero-order chi connectivity index (χ0) is 21.2. The highest BCUT2D eigenvalue weighted by Crippen LogP contribution is 2.17. The zero-order valence-corrected chi connectivity index (χ0v) is 15.9. The second-order valence-corrected chi connectivity index (χ2v) is 6.18. The van der Waals surface area contributed by atoms with Crippen LogP contribution in [0.5, 0.6) is 11.5 Å². The third kappa shape index (κ3) is 6.45. The van der Waals surface area contributed by atoms with Crippen molar-refractivity contribution in [3.8, 4) is 11.5 Å².